The van der Waals surface area contributed by atoms with Crippen LogP contribution in [0.1, 0.15) is 16.1 Å². The number of carbonyl (C=O) groups excluding carboxylic acids is 1. The lowest BCUT2D eigenvalue weighted by molar-refractivity contribution is -0.140. The van der Waals surface area contributed by atoms with Gasteiger partial charge in [0.1, 0.15) is 5.82 Å². The molecule has 0 aliphatic carbocycles. The summed E-state index contributed by atoms with van der Waals surface area (Å²) in [5, 5.41) is 0. The van der Waals surface area contributed by atoms with Crippen molar-refractivity contribution in [3.8, 4) is 11.4 Å². The lowest BCUT2D eigenvalue weighted by Crippen LogP contribution is -2.05. The maximum atomic E-state index is 12.6. The molecule has 2 rings (SSSR count). The zero-order valence-electron chi connectivity index (χ0n) is 11.0. The van der Waals surface area contributed by atoms with Gasteiger partial charge in [-0.25, -0.2) is 9.78 Å². The second-order valence-electron chi connectivity index (χ2n) is 4.24. The molecule has 21 heavy (non-hydrogen) atoms. The van der Waals surface area contributed by atoms with Crippen LogP contribution in [-0.2, 0) is 18.0 Å². The van der Waals surface area contributed by atoms with Crippen molar-refractivity contribution in [2.75, 3.05) is 7.11 Å². The van der Waals surface area contributed by atoms with E-state index in [4.69, 9.17) is 0 Å². The maximum absolute atomic E-state index is 12.6. The molecule has 0 radical (unpaired) electrons. The van der Waals surface area contributed by atoms with E-state index in [1.807, 2.05) is 0 Å². The molecular formula is C13H10BrF3N2O2. The standard InChI is InChI=1S/C13H10BrF3N2O2/c1-19-6-10(13(15,16)17)18-11(19)7-3-4-8(9(14)5-7)12(20)21-2/h3-6H,1-2H3. The van der Waals surface area contributed by atoms with Gasteiger partial charge in [-0.1, -0.05) is 6.07 Å². The first kappa shape index (κ1) is 15.6. The highest BCUT2D eigenvalue weighted by Gasteiger charge is 2.34. The second-order valence-corrected chi connectivity index (χ2v) is 5.10. The fraction of sp³-hybridized carbons (Fsp3) is 0.231. The van der Waals surface area contributed by atoms with Crippen molar-refractivity contribution < 1.29 is 22.7 Å². The number of methoxy groups -OCH3 is 1. The number of aromatic nitrogens is 2. The summed E-state index contributed by atoms with van der Waals surface area (Å²) in [7, 11) is 2.72. The molecule has 0 atom stereocenters. The van der Waals surface area contributed by atoms with Crippen molar-refractivity contribution in [2.45, 2.75) is 6.18 Å². The van der Waals surface area contributed by atoms with E-state index in [1.54, 1.807) is 0 Å². The first-order valence-electron chi connectivity index (χ1n) is 5.73. The number of aryl methyl sites for hydroxylation is 1. The summed E-state index contributed by atoms with van der Waals surface area (Å²) in [4.78, 5) is 15.1. The van der Waals surface area contributed by atoms with Gasteiger partial charge in [-0.05, 0) is 28.1 Å². The number of imidazole rings is 1. The Hall–Kier alpha value is -1.83. The van der Waals surface area contributed by atoms with Gasteiger partial charge in [0.15, 0.2) is 5.69 Å². The van der Waals surface area contributed by atoms with Crippen molar-refractivity contribution in [1.29, 1.82) is 0 Å². The summed E-state index contributed by atoms with van der Waals surface area (Å²) >= 11 is 3.20. The van der Waals surface area contributed by atoms with Gasteiger partial charge >= 0.3 is 12.1 Å². The molecule has 0 aliphatic rings. The van der Waals surface area contributed by atoms with Crippen molar-refractivity contribution in [1.82, 2.24) is 9.55 Å². The molecule has 0 N–H and O–H groups in total. The number of alkyl halides is 3. The highest BCUT2D eigenvalue weighted by Crippen LogP contribution is 2.31. The summed E-state index contributed by atoms with van der Waals surface area (Å²) < 4.78 is 44.2. The van der Waals surface area contributed by atoms with Gasteiger partial charge in [-0.3, -0.25) is 0 Å². The van der Waals surface area contributed by atoms with E-state index in [0.29, 0.717) is 10.0 Å². The predicted octanol–water partition coefficient (Wildman–Crippen LogP) is 3.66. The average molecular weight is 363 g/mol. The Balaban J connectivity index is 2.46. The maximum Gasteiger partial charge on any atom is 0.434 e. The minimum Gasteiger partial charge on any atom is -0.465 e. The van der Waals surface area contributed by atoms with E-state index in [0.717, 1.165) is 6.20 Å². The summed E-state index contributed by atoms with van der Waals surface area (Å²) in [6.07, 6.45) is -3.59. The Kier molecular flexibility index (Phi) is 4.08. The molecule has 1 heterocycles. The van der Waals surface area contributed by atoms with E-state index in [-0.39, 0.29) is 11.4 Å². The molecular weight excluding hydrogens is 353 g/mol. The fourth-order valence-electron chi connectivity index (χ4n) is 1.80. The van der Waals surface area contributed by atoms with Crippen LogP contribution in [0.2, 0.25) is 0 Å². The molecule has 1 aromatic carbocycles. The third-order valence-corrected chi connectivity index (χ3v) is 3.46. The molecule has 0 unspecified atom stereocenters. The lowest BCUT2D eigenvalue weighted by Gasteiger charge is -2.06. The Morgan fingerprint density at radius 2 is 2.05 bits per heavy atom. The number of rotatable bonds is 2. The van der Waals surface area contributed by atoms with E-state index in [2.05, 4.69) is 25.7 Å². The van der Waals surface area contributed by atoms with Crippen LogP contribution < -0.4 is 0 Å². The normalized spacial score (nSPS) is 11.5. The van der Waals surface area contributed by atoms with Crippen LogP contribution >= 0.6 is 15.9 Å². The van der Waals surface area contributed by atoms with Crippen LogP contribution in [0.4, 0.5) is 13.2 Å². The largest absolute Gasteiger partial charge is 0.465 e. The Morgan fingerprint density at radius 1 is 1.38 bits per heavy atom. The van der Waals surface area contributed by atoms with Crippen LogP contribution in [0, 0.1) is 0 Å². The summed E-state index contributed by atoms with van der Waals surface area (Å²) in [6, 6.07) is 4.50. The molecule has 8 heteroatoms. The van der Waals surface area contributed by atoms with Gasteiger partial charge in [0.25, 0.3) is 0 Å². The van der Waals surface area contributed by atoms with E-state index in [9.17, 15) is 18.0 Å². The van der Waals surface area contributed by atoms with Gasteiger partial charge < -0.3 is 9.30 Å². The molecule has 0 saturated heterocycles. The van der Waals surface area contributed by atoms with Crippen molar-refractivity contribution in [3.63, 3.8) is 0 Å². The minimum atomic E-state index is -4.50. The number of nitrogens with zero attached hydrogens (tertiary/aromatic N) is 2. The third kappa shape index (κ3) is 3.10. The number of esters is 1. The number of hydrogen-bond donors (Lipinski definition) is 0. The second kappa shape index (κ2) is 5.51. The zero-order valence-corrected chi connectivity index (χ0v) is 12.6. The Bertz CT molecular complexity index is 695. The monoisotopic (exact) mass is 362 g/mol. The molecule has 0 bridgehead atoms. The molecule has 1 aromatic heterocycles. The quantitative estimate of drug-likeness (QED) is 0.765. The van der Waals surface area contributed by atoms with Gasteiger partial charge in [0.2, 0.25) is 0 Å². The number of halogens is 4. The van der Waals surface area contributed by atoms with Gasteiger partial charge in [0, 0.05) is 23.3 Å². The number of ether oxygens (including phenoxy) is 1. The highest BCUT2D eigenvalue weighted by atomic mass is 79.9. The van der Waals surface area contributed by atoms with Crippen LogP contribution in [-0.4, -0.2) is 22.6 Å². The van der Waals surface area contributed by atoms with E-state index < -0.39 is 17.8 Å². The SMILES string of the molecule is COC(=O)c1ccc(-c2nc(C(F)(F)F)cn2C)cc1Br. The van der Waals surface area contributed by atoms with E-state index in [1.165, 1.54) is 36.9 Å². The first-order chi connectivity index (χ1) is 9.74. The van der Waals surface area contributed by atoms with Crippen LogP contribution in [0.3, 0.4) is 0 Å². The minimum absolute atomic E-state index is 0.152. The molecule has 2 aromatic rings. The number of hydrogen-bond acceptors (Lipinski definition) is 3. The average Bonchev–Trinajstić information content (AvgIpc) is 2.80. The van der Waals surface area contributed by atoms with Crippen LogP contribution in [0.15, 0.2) is 28.9 Å². The molecule has 0 spiro atoms. The fourth-order valence-corrected chi connectivity index (χ4v) is 2.34. The zero-order chi connectivity index (χ0) is 15.8. The summed E-state index contributed by atoms with van der Waals surface area (Å²) in [5.41, 5.74) is -0.229. The highest BCUT2D eigenvalue weighted by molar-refractivity contribution is 9.10. The van der Waals surface area contributed by atoms with Gasteiger partial charge in [0.05, 0.1) is 12.7 Å². The molecule has 0 aliphatic heterocycles. The topological polar surface area (TPSA) is 44.1 Å². The third-order valence-electron chi connectivity index (χ3n) is 2.80. The summed E-state index contributed by atoms with van der Waals surface area (Å²) in [6.45, 7) is 0. The molecule has 0 fully saturated rings. The molecule has 112 valence electrons. The lowest BCUT2D eigenvalue weighted by atomic mass is 10.1. The molecule has 0 amide bonds. The molecule has 4 nitrogen and oxygen atoms in total. The van der Waals surface area contributed by atoms with Crippen LogP contribution in [0.25, 0.3) is 11.4 Å². The Labute approximate surface area is 126 Å². The number of carbonyl (C=O) groups is 1. The van der Waals surface area contributed by atoms with Crippen molar-refractivity contribution in [2.24, 2.45) is 7.05 Å². The first-order valence-corrected chi connectivity index (χ1v) is 6.52. The summed E-state index contributed by atoms with van der Waals surface area (Å²) in [5.74, 6) is -0.385. The van der Waals surface area contributed by atoms with Crippen LogP contribution in [0.5, 0.6) is 0 Å². The predicted molar refractivity (Wildman–Crippen MR) is 72.7 cm³/mol. The van der Waals surface area contributed by atoms with Gasteiger partial charge in [-0.2, -0.15) is 13.2 Å². The molecule has 0 saturated carbocycles. The Morgan fingerprint density at radius 3 is 2.52 bits per heavy atom. The number of benzene rings is 1. The smallest absolute Gasteiger partial charge is 0.434 e. The van der Waals surface area contributed by atoms with Crippen molar-refractivity contribution >= 4 is 21.9 Å². The van der Waals surface area contributed by atoms with E-state index >= 15 is 0 Å². The van der Waals surface area contributed by atoms with Gasteiger partial charge in [-0.15, -0.1) is 0 Å². The van der Waals surface area contributed by atoms with Crippen molar-refractivity contribution in [3.05, 3.63) is 40.1 Å².